The molecule has 0 amide bonds. The van der Waals surface area contributed by atoms with E-state index in [1.807, 2.05) is 12.3 Å². The fourth-order valence-electron chi connectivity index (χ4n) is 1.52. The molecule has 1 aromatic rings. The summed E-state index contributed by atoms with van der Waals surface area (Å²) in [6.45, 7) is 7.52. The van der Waals surface area contributed by atoms with Crippen LogP contribution in [0.4, 0.5) is 11.6 Å². The summed E-state index contributed by atoms with van der Waals surface area (Å²) in [5.74, 6) is 1.73. The molecular formula is C13H24N4OS. The molecule has 0 saturated carbocycles. The summed E-state index contributed by atoms with van der Waals surface area (Å²) in [5.41, 5.74) is 0. The van der Waals surface area contributed by atoms with Gasteiger partial charge in [-0.05, 0) is 26.0 Å². The van der Waals surface area contributed by atoms with Crippen LogP contribution in [0.15, 0.2) is 11.2 Å². The SMILES string of the molecule is CCCOCCCNc1cc(NCC)nc(SC)n1. The molecule has 0 radical (unpaired) electrons. The highest BCUT2D eigenvalue weighted by atomic mass is 32.2. The van der Waals surface area contributed by atoms with E-state index in [0.29, 0.717) is 0 Å². The van der Waals surface area contributed by atoms with Crippen molar-refractivity contribution in [3.8, 4) is 0 Å². The summed E-state index contributed by atoms with van der Waals surface area (Å²) in [5, 5.41) is 7.30. The summed E-state index contributed by atoms with van der Waals surface area (Å²) in [6, 6.07) is 1.94. The second-order valence-electron chi connectivity index (χ2n) is 4.05. The average Bonchev–Trinajstić information content (AvgIpc) is 2.43. The minimum Gasteiger partial charge on any atom is -0.381 e. The number of hydrogen-bond donors (Lipinski definition) is 2. The van der Waals surface area contributed by atoms with Crippen LogP contribution in [0.2, 0.25) is 0 Å². The smallest absolute Gasteiger partial charge is 0.191 e. The molecule has 0 fully saturated rings. The van der Waals surface area contributed by atoms with Crippen LogP contribution < -0.4 is 10.6 Å². The highest BCUT2D eigenvalue weighted by molar-refractivity contribution is 7.98. The van der Waals surface area contributed by atoms with Crippen molar-refractivity contribution in [1.29, 1.82) is 0 Å². The van der Waals surface area contributed by atoms with Crippen molar-refractivity contribution in [1.82, 2.24) is 9.97 Å². The van der Waals surface area contributed by atoms with Crippen molar-refractivity contribution in [2.75, 3.05) is 43.2 Å². The molecule has 0 aliphatic rings. The minimum atomic E-state index is 0.781. The summed E-state index contributed by atoms with van der Waals surface area (Å²) in [7, 11) is 0. The zero-order valence-corrected chi connectivity index (χ0v) is 12.8. The van der Waals surface area contributed by atoms with E-state index in [2.05, 4.69) is 34.4 Å². The Morgan fingerprint density at radius 1 is 1.16 bits per heavy atom. The van der Waals surface area contributed by atoms with Crippen molar-refractivity contribution in [3.05, 3.63) is 6.07 Å². The summed E-state index contributed by atoms with van der Waals surface area (Å²) in [4.78, 5) is 8.81. The molecule has 0 aliphatic heterocycles. The molecule has 0 aromatic carbocycles. The van der Waals surface area contributed by atoms with Gasteiger partial charge in [-0.25, -0.2) is 9.97 Å². The van der Waals surface area contributed by atoms with Gasteiger partial charge in [0.25, 0.3) is 0 Å². The normalized spacial score (nSPS) is 10.5. The van der Waals surface area contributed by atoms with Gasteiger partial charge in [-0.2, -0.15) is 0 Å². The van der Waals surface area contributed by atoms with Gasteiger partial charge in [0.05, 0.1) is 0 Å². The Morgan fingerprint density at radius 3 is 2.53 bits per heavy atom. The van der Waals surface area contributed by atoms with Crippen LogP contribution >= 0.6 is 11.8 Å². The van der Waals surface area contributed by atoms with Crippen LogP contribution in [-0.4, -0.2) is 42.5 Å². The van der Waals surface area contributed by atoms with E-state index < -0.39 is 0 Å². The zero-order chi connectivity index (χ0) is 13.9. The standard InChI is InChI=1S/C13H24N4OS/c1-4-8-18-9-6-7-15-12-10-11(14-5-2)16-13(17-12)19-3/h10H,4-9H2,1-3H3,(H2,14,15,16,17). The largest absolute Gasteiger partial charge is 0.381 e. The van der Waals surface area contributed by atoms with Crippen molar-refractivity contribution < 1.29 is 4.74 Å². The molecule has 19 heavy (non-hydrogen) atoms. The van der Waals surface area contributed by atoms with E-state index in [-0.39, 0.29) is 0 Å². The van der Waals surface area contributed by atoms with E-state index in [0.717, 1.165) is 55.9 Å². The molecular weight excluding hydrogens is 260 g/mol. The maximum atomic E-state index is 5.44. The number of anilines is 2. The molecule has 0 saturated heterocycles. The van der Waals surface area contributed by atoms with Crippen LogP contribution in [0.1, 0.15) is 26.7 Å². The minimum absolute atomic E-state index is 0.781. The van der Waals surface area contributed by atoms with Gasteiger partial charge in [0.2, 0.25) is 0 Å². The first-order chi connectivity index (χ1) is 9.30. The van der Waals surface area contributed by atoms with Gasteiger partial charge < -0.3 is 15.4 Å². The van der Waals surface area contributed by atoms with E-state index in [4.69, 9.17) is 4.74 Å². The Hall–Kier alpha value is -1.01. The Kier molecular flexibility index (Phi) is 8.33. The van der Waals surface area contributed by atoms with Gasteiger partial charge >= 0.3 is 0 Å². The van der Waals surface area contributed by atoms with Gasteiger partial charge in [0, 0.05) is 32.4 Å². The average molecular weight is 284 g/mol. The molecule has 0 spiro atoms. The first-order valence-electron chi connectivity index (χ1n) is 6.78. The number of thioether (sulfide) groups is 1. The maximum Gasteiger partial charge on any atom is 0.191 e. The lowest BCUT2D eigenvalue weighted by Crippen LogP contribution is -2.09. The molecule has 108 valence electrons. The van der Waals surface area contributed by atoms with Gasteiger partial charge in [-0.1, -0.05) is 18.7 Å². The first-order valence-corrected chi connectivity index (χ1v) is 8.01. The third kappa shape index (κ3) is 6.63. The summed E-state index contributed by atoms with van der Waals surface area (Å²) >= 11 is 1.55. The maximum absolute atomic E-state index is 5.44. The lowest BCUT2D eigenvalue weighted by Gasteiger charge is -2.09. The van der Waals surface area contributed by atoms with E-state index in [9.17, 15) is 0 Å². The fraction of sp³-hybridized carbons (Fsp3) is 0.692. The van der Waals surface area contributed by atoms with Crippen molar-refractivity contribution in [2.45, 2.75) is 31.8 Å². The number of rotatable bonds is 10. The van der Waals surface area contributed by atoms with Gasteiger partial charge in [0.15, 0.2) is 5.16 Å². The highest BCUT2D eigenvalue weighted by Crippen LogP contribution is 2.17. The van der Waals surface area contributed by atoms with Crippen molar-refractivity contribution in [2.24, 2.45) is 0 Å². The van der Waals surface area contributed by atoms with Crippen LogP contribution in [0.3, 0.4) is 0 Å². The second-order valence-corrected chi connectivity index (χ2v) is 4.82. The predicted octanol–water partition coefficient (Wildman–Crippen LogP) is 2.86. The predicted molar refractivity (Wildman–Crippen MR) is 82.2 cm³/mol. The van der Waals surface area contributed by atoms with Crippen LogP contribution in [0.25, 0.3) is 0 Å². The third-order valence-electron chi connectivity index (χ3n) is 2.37. The molecule has 0 aliphatic carbocycles. The fourth-order valence-corrected chi connectivity index (χ4v) is 1.90. The quantitative estimate of drug-likeness (QED) is 0.391. The Morgan fingerprint density at radius 2 is 1.89 bits per heavy atom. The van der Waals surface area contributed by atoms with Crippen LogP contribution in [0, 0.1) is 0 Å². The second kappa shape index (κ2) is 9.86. The molecule has 1 aromatic heterocycles. The molecule has 1 heterocycles. The third-order valence-corrected chi connectivity index (χ3v) is 2.91. The molecule has 0 atom stereocenters. The Labute approximate surface area is 119 Å². The monoisotopic (exact) mass is 284 g/mol. The molecule has 0 unspecified atom stereocenters. The highest BCUT2D eigenvalue weighted by Gasteiger charge is 2.02. The lowest BCUT2D eigenvalue weighted by atomic mass is 10.4. The van der Waals surface area contributed by atoms with Gasteiger partial charge in [-0.3, -0.25) is 0 Å². The Bertz CT molecular complexity index is 362. The summed E-state index contributed by atoms with van der Waals surface area (Å²) in [6.07, 6.45) is 4.03. The number of ether oxygens (including phenoxy) is 1. The molecule has 2 N–H and O–H groups in total. The number of aromatic nitrogens is 2. The van der Waals surface area contributed by atoms with Gasteiger partial charge in [0.1, 0.15) is 11.6 Å². The lowest BCUT2D eigenvalue weighted by molar-refractivity contribution is 0.134. The Balaban J connectivity index is 2.41. The number of hydrogen-bond acceptors (Lipinski definition) is 6. The van der Waals surface area contributed by atoms with Crippen molar-refractivity contribution in [3.63, 3.8) is 0 Å². The van der Waals surface area contributed by atoms with E-state index in [1.54, 1.807) is 11.8 Å². The van der Waals surface area contributed by atoms with E-state index in [1.165, 1.54) is 0 Å². The molecule has 6 heteroatoms. The van der Waals surface area contributed by atoms with Crippen LogP contribution in [-0.2, 0) is 4.74 Å². The van der Waals surface area contributed by atoms with E-state index >= 15 is 0 Å². The molecule has 1 rings (SSSR count). The number of nitrogens with one attached hydrogen (secondary N) is 2. The number of nitrogens with zero attached hydrogens (tertiary/aromatic N) is 2. The first kappa shape index (κ1) is 16.0. The topological polar surface area (TPSA) is 59.1 Å². The van der Waals surface area contributed by atoms with Crippen LogP contribution in [0.5, 0.6) is 0 Å². The summed E-state index contributed by atoms with van der Waals surface area (Å²) < 4.78 is 5.44. The van der Waals surface area contributed by atoms with Gasteiger partial charge in [-0.15, -0.1) is 0 Å². The molecule has 5 nitrogen and oxygen atoms in total. The zero-order valence-electron chi connectivity index (χ0n) is 12.0. The van der Waals surface area contributed by atoms with Crippen molar-refractivity contribution >= 4 is 23.4 Å². The molecule has 0 bridgehead atoms.